The zero-order valence-corrected chi connectivity index (χ0v) is 12.9. The van der Waals surface area contributed by atoms with Crippen LogP contribution >= 0.6 is 34.5 Å². The van der Waals surface area contributed by atoms with Gasteiger partial charge in [0, 0.05) is 11.9 Å². The van der Waals surface area contributed by atoms with Crippen LogP contribution in [-0.2, 0) is 4.79 Å². The van der Waals surface area contributed by atoms with Crippen LogP contribution in [0.4, 0.5) is 5.00 Å². The first kappa shape index (κ1) is 15.8. The Morgan fingerprint density at radius 3 is 2.76 bits per heavy atom. The molecule has 2 aromatic rings. The molecule has 1 aromatic carbocycles. The Bertz CT molecular complexity index is 718. The van der Waals surface area contributed by atoms with Gasteiger partial charge >= 0.3 is 0 Å². The fourth-order valence-electron chi connectivity index (χ4n) is 1.84. The maximum absolute atomic E-state index is 11.6. The Kier molecular flexibility index (Phi) is 4.89. The Balaban J connectivity index is 2.71. The molecule has 0 saturated heterocycles. The van der Waals surface area contributed by atoms with E-state index < -0.39 is 5.91 Å². The quantitative estimate of drug-likeness (QED) is 0.696. The van der Waals surface area contributed by atoms with Crippen molar-refractivity contribution in [3.05, 3.63) is 21.7 Å². The van der Waals surface area contributed by atoms with E-state index in [2.05, 4.69) is 5.32 Å². The van der Waals surface area contributed by atoms with E-state index in [0.717, 1.165) is 11.3 Å². The zero-order valence-electron chi connectivity index (χ0n) is 10.6. The highest BCUT2D eigenvalue weighted by atomic mass is 35.5. The van der Waals surface area contributed by atoms with E-state index in [1.807, 2.05) is 0 Å². The lowest BCUT2D eigenvalue weighted by molar-refractivity contribution is -0.105. The van der Waals surface area contributed by atoms with Crippen LogP contribution in [0.3, 0.4) is 0 Å². The number of nitrogens with one attached hydrogen (secondary N) is 1. The number of carbonyl (C=O) groups is 2. The lowest BCUT2D eigenvalue weighted by Crippen LogP contribution is -2.13. The van der Waals surface area contributed by atoms with Crippen molar-refractivity contribution >= 4 is 61.9 Å². The van der Waals surface area contributed by atoms with Crippen molar-refractivity contribution in [1.82, 2.24) is 0 Å². The summed E-state index contributed by atoms with van der Waals surface area (Å²) < 4.78 is 5.95. The molecule has 0 aliphatic carbocycles. The third-order valence-corrected chi connectivity index (χ3v) is 4.54. The van der Waals surface area contributed by atoms with E-state index in [1.54, 1.807) is 0 Å². The number of thiophene rings is 1. The van der Waals surface area contributed by atoms with Gasteiger partial charge in [0.05, 0.1) is 15.3 Å². The average molecular weight is 348 g/mol. The number of hydrogen-bond acceptors (Lipinski definition) is 5. The summed E-state index contributed by atoms with van der Waals surface area (Å²) in [6.45, 7) is 0.554. The molecule has 0 aliphatic rings. The van der Waals surface area contributed by atoms with E-state index in [1.165, 1.54) is 6.07 Å². The highest BCUT2D eigenvalue weighted by Crippen LogP contribution is 2.46. The Hall–Kier alpha value is -1.54. The molecule has 5 N–H and O–H groups in total. The van der Waals surface area contributed by atoms with Gasteiger partial charge in [-0.2, -0.15) is 0 Å². The molecule has 0 aliphatic heterocycles. The summed E-state index contributed by atoms with van der Waals surface area (Å²) in [7, 11) is 0. The summed E-state index contributed by atoms with van der Waals surface area (Å²) in [6, 6.07) is 1.53. The number of nitrogens with two attached hydrogens (primary N) is 2. The number of carbonyl (C=O) groups excluding carboxylic acids is 2. The Morgan fingerprint density at radius 2 is 2.19 bits per heavy atom. The van der Waals surface area contributed by atoms with Gasteiger partial charge in [0.15, 0.2) is 5.75 Å². The normalized spacial score (nSPS) is 10.6. The Morgan fingerprint density at radius 1 is 1.48 bits per heavy atom. The van der Waals surface area contributed by atoms with Crippen LogP contribution in [0, 0.1) is 0 Å². The molecule has 9 heteroatoms. The molecule has 0 fully saturated rings. The molecule has 1 heterocycles. The van der Waals surface area contributed by atoms with Crippen LogP contribution in [0.2, 0.25) is 10.0 Å². The summed E-state index contributed by atoms with van der Waals surface area (Å²) in [5.41, 5.74) is 10.9. The van der Waals surface area contributed by atoms with E-state index >= 15 is 0 Å². The predicted molar refractivity (Wildman–Crippen MR) is 84.6 cm³/mol. The van der Waals surface area contributed by atoms with Crippen molar-refractivity contribution in [2.24, 2.45) is 11.5 Å². The zero-order chi connectivity index (χ0) is 15.6. The van der Waals surface area contributed by atoms with Gasteiger partial charge in [0.2, 0.25) is 6.41 Å². The molecule has 0 unspecified atom stereocenters. The molecule has 0 radical (unpaired) electrons. The summed E-state index contributed by atoms with van der Waals surface area (Å²) in [6.07, 6.45) is 0.457. The fourth-order valence-corrected chi connectivity index (χ4v) is 3.60. The third kappa shape index (κ3) is 2.91. The molecule has 1 aromatic heterocycles. The van der Waals surface area contributed by atoms with Crippen LogP contribution in [0.5, 0.6) is 5.75 Å². The molecule has 112 valence electrons. The molecular weight excluding hydrogens is 337 g/mol. The molecule has 21 heavy (non-hydrogen) atoms. The van der Waals surface area contributed by atoms with Crippen LogP contribution < -0.4 is 21.5 Å². The first-order chi connectivity index (χ1) is 10.0. The highest BCUT2D eigenvalue weighted by molar-refractivity contribution is 7.24. The minimum Gasteiger partial charge on any atom is -0.489 e. The van der Waals surface area contributed by atoms with Gasteiger partial charge < -0.3 is 21.5 Å². The number of hydrogen-bond donors (Lipinski definition) is 3. The van der Waals surface area contributed by atoms with Gasteiger partial charge in [-0.25, -0.2) is 0 Å². The number of primary amides is 1. The second kappa shape index (κ2) is 6.48. The highest BCUT2D eigenvalue weighted by Gasteiger charge is 2.22. The molecule has 2 rings (SSSR count). The number of halogens is 2. The van der Waals surface area contributed by atoms with E-state index in [9.17, 15) is 9.59 Å². The number of rotatable bonds is 6. The number of fused-ring (bicyclic) bond motifs is 1. The lowest BCUT2D eigenvalue weighted by Gasteiger charge is -2.09. The first-order valence-electron chi connectivity index (χ1n) is 5.78. The van der Waals surface area contributed by atoms with Gasteiger partial charge in [-0.15, -0.1) is 11.3 Å². The molecule has 0 saturated carbocycles. The number of anilines is 1. The SMILES string of the molecule is NCCOc1c(Cl)cc2c(C(N)=O)c(NC=O)sc2c1Cl. The van der Waals surface area contributed by atoms with Gasteiger partial charge in [-0.05, 0) is 6.07 Å². The number of ether oxygens (including phenoxy) is 1. The van der Waals surface area contributed by atoms with Crippen LogP contribution in [0.1, 0.15) is 10.4 Å². The minimum absolute atomic E-state index is 0.163. The van der Waals surface area contributed by atoms with E-state index in [4.69, 9.17) is 39.4 Å². The second-order valence-electron chi connectivity index (χ2n) is 3.95. The second-order valence-corrected chi connectivity index (χ2v) is 5.75. The van der Waals surface area contributed by atoms with Gasteiger partial charge in [-0.3, -0.25) is 9.59 Å². The largest absolute Gasteiger partial charge is 0.489 e. The fraction of sp³-hybridized carbons (Fsp3) is 0.167. The third-order valence-electron chi connectivity index (χ3n) is 2.63. The van der Waals surface area contributed by atoms with Crippen molar-refractivity contribution in [1.29, 1.82) is 0 Å². The van der Waals surface area contributed by atoms with Gasteiger partial charge in [0.25, 0.3) is 5.91 Å². The van der Waals surface area contributed by atoms with Crippen molar-refractivity contribution < 1.29 is 14.3 Å². The van der Waals surface area contributed by atoms with E-state index in [0.29, 0.717) is 28.0 Å². The minimum atomic E-state index is -0.687. The molecular formula is C12H11Cl2N3O3S. The van der Waals surface area contributed by atoms with Crippen molar-refractivity contribution in [2.45, 2.75) is 0 Å². The van der Waals surface area contributed by atoms with Gasteiger partial charge in [-0.1, -0.05) is 23.2 Å². The number of amides is 2. The number of benzene rings is 1. The maximum atomic E-state index is 11.6. The summed E-state index contributed by atoms with van der Waals surface area (Å²) >= 11 is 13.5. The van der Waals surface area contributed by atoms with Crippen molar-refractivity contribution in [3.63, 3.8) is 0 Å². The lowest BCUT2D eigenvalue weighted by atomic mass is 10.1. The monoisotopic (exact) mass is 347 g/mol. The topological polar surface area (TPSA) is 107 Å². The van der Waals surface area contributed by atoms with Crippen molar-refractivity contribution in [3.8, 4) is 5.75 Å². The first-order valence-corrected chi connectivity index (χ1v) is 7.35. The average Bonchev–Trinajstić information content (AvgIpc) is 2.77. The summed E-state index contributed by atoms with van der Waals surface area (Å²) in [4.78, 5) is 22.2. The standard InChI is InChI=1S/C12H11Cl2N3O3S/c13-6-3-5-7(11(16)19)12(17-4-18)21-10(5)8(14)9(6)20-2-1-15/h3-4H,1-2,15H2,(H2,16,19)(H,17,18). The van der Waals surface area contributed by atoms with Crippen LogP contribution in [0.15, 0.2) is 6.07 Å². The smallest absolute Gasteiger partial charge is 0.252 e. The summed E-state index contributed by atoms with van der Waals surface area (Å²) in [5.74, 6) is -0.403. The summed E-state index contributed by atoms with van der Waals surface area (Å²) in [5, 5.41) is 3.69. The predicted octanol–water partition coefficient (Wildman–Crippen LogP) is 2.21. The maximum Gasteiger partial charge on any atom is 0.252 e. The van der Waals surface area contributed by atoms with Crippen LogP contribution in [-0.4, -0.2) is 25.5 Å². The van der Waals surface area contributed by atoms with Crippen molar-refractivity contribution in [2.75, 3.05) is 18.5 Å². The molecule has 2 amide bonds. The molecule has 0 bridgehead atoms. The molecule has 0 spiro atoms. The van der Waals surface area contributed by atoms with E-state index in [-0.39, 0.29) is 28.0 Å². The van der Waals surface area contributed by atoms with Crippen LogP contribution in [0.25, 0.3) is 10.1 Å². The van der Waals surface area contributed by atoms with Gasteiger partial charge in [0.1, 0.15) is 16.6 Å². The Labute approximate surface area is 133 Å². The molecule has 6 nitrogen and oxygen atoms in total. The molecule has 0 atom stereocenters.